The Hall–Kier alpha value is -1.65. The Kier molecular flexibility index (Phi) is 3.28. The van der Waals surface area contributed by atoms with Gasteiger partial charge in [-0.25, -0.2) is 9.97 Å². The van der Waals surface area contributed by atoms with Gasteiger partial charge in [-0.15, -0.1) is 0 Å². The summed E-state index contributed by atoms with van der Waals surface area (Å²) in [6.07, 6.45) is 1.98. The van der Waals surface area contributed by atoms with Gasteiger partial charge in [-0.3, -0.25) is 0 Å². The van der Waals surface area contributed by atoms with Gasteiger partial charge in [0.25, 0.3) is 0 Å². The van der Waals surface area contributed by atoms with Crippen molar-refractivity contribution in [2.45, 2.75) is 25.9 Å². The van der Waals surface area contributed by atoms with Crippen LogP contribution in [0, 0.1) is 0 Å². The Bertz CT molecular complexity index is 686. The SMILES string of the molecule is Clc1nc2c(c(N3CCc4ccccc4C3)n1)CNCC2. The highest BCUT2D eigenvalue weighted by Crippen LogP contribution is 2.29. The molecule has 0 fully saturated rings. The van der Waals surface area contributed by atoms with E-state index in [0.717, 1.165) is 50.5 Å². The van der Waals surface area contributed by atoms with Crippen LogP contribution in [0.2, 0.25) is 5.28 Å². The zero-order chi connectivity index (χ0) is 14.2. The molecule has 5 heteroatoms. The molecule has 2 aromatic rings. The van der Waals surface area contributed by atoms with E-state index >= 15 is 0 Å². The van der Waals surface area contributed by atoms with E-state index in [0.29, 0.717) is 5.28 Å². The number of benzene rings is 1. The fourth-order valence-corrected chi connectivity index (χ4v) is 3.42. The molecule has 1 aromatic heterocycles. The summed E-state index contributed by atoms with van der Waals surface area (Å²) in [5, 5.41) is 3.77. The Balaban J connectivity index is 1.73. The molecule has 108 valence electrons. The van der Waals surface area contributed by atoms with Crippen molar-refractivity contribution in [3.8, 4) is 0 Å². The normalized spacial score (nSPS) is 17.3. The molecule has 0 amide bonds. The summed E-state index contributed by atoms with van der Waals surface area (Å²) in [5.74, 6) is 1.01. The molecule has 0 aliphatic carbocycles. The minimum atomic E-state index is 0.365. The fraction of sp³-hybridized carbons (Fsp3) is 0.375. The van der Waals surface area contributed by atoms with E-state index in [1.54, 1.807) is 0 Å². The van der Waals surface area contributed by atoms with E-state index in [9.17, 15) is 0 Å². The number of fused-ring (bicyclic) bond motifs is 2. The first kappa shape index (κ1) is 13.0. The van der Waals surface area contributed by atoms with Crippen LogP contribution in [0.25, 0.3) is 0 Å². The van der Waals surface area contributed by atoms with Crippen LogP contribution in [0.4, 0.5) is 5.82 Å². The van der Waals surface area contributed by atoms with Gasteiger partial charge in [0.05, 0.1) is 5.69 Å². The van der Waals surface area contributed by atoms with Crippen LogP contribution in [0.3, 0.4) is 0 Å². The highest BCUT2D eigenvalue weighted by atomic mass is 35.5. The lowest BCUT2D eigenvalue weighted by Crippen LogP contribution is -2.34. The molecule has 1 aromatic carbocycles. The lowest BCUT2D eigenvalue weighted by Gasteiger charge is -2.32. The van der Waals surface area contributed by atoms with Gasteiger partial charge >= 0.3 is 0 Å². The number of rotatable bonds is 1. The van der Waals surface area contributed by atoms with E-state index in [2.05, 4.69) is 44.5 Å². The van der Waals surface area contributed by atoms with Gasteiger partial charge in [0.2, 0.25) is 5.28 Å². The van der Waals surface area contributed by atoms with Gasteiger partial charge in [-0.2, -0.15) is 0 Å². The average molecular weight is 301 g/mol. The number of nitrogens with one attached hydrogen (secondary N) is 1. The Morgan fingerprint density at radius 3 is 2.86 bits per heavy atom. The summed E-state index contributed by atoms with van der Waals surface area (Å²) in [7, 11) is 0. The molecule has 0 saturated heterocycles. The summed E-state index contributed by atoms with van der Waals surface area (Å²) in [6, 6.07) is 8.64. The monoisotopic (exact) mass is 300 g/mol. The van der Waals surface area contributed by atoms with Crippen molar-refractivity contribution in [2.75, 3.05) is 18.0 Å². The molecule has 0 radical (unpaired) electrons. The zero-order valence-electron chi connectivity index (χ0n) is 11.8. The number of aromatic nitrogens is 2. The second-order valence-electron chi connectivity index (χ2n) is 5.61. The largest absolute Gasteiger partial charge is 0.352 e. The topological polar surface area (TPSA) is 41.1 Å². The van der Waals surface area contributed by atoms with Crippen LogP contribution in [0.1, 0.15) is 22.4 Å². The van der Waals surface area contributed by atoms with E-state index in [-0.39, 0.29) is 0 Å². The standard InChI is InChI=1S/C16H17ClN4/c17-16-19-14-5-7-18-9-13(14)15(20-16)21-8-6-11-3-1-2-4-12(11)10-21/h1-4,18H,5-10H2. The molecule has 0 atom stereocenters. The summed E-state index contributed by atoms with van der Waals surface area (Å²) in [5.41, 5.74) is 5.14. The van der Waals surface area contributed by atoms with E-state index in [4.69, 9.17) is 11.6 Å². The molecular weight excluding hydrogens is 284 g/mol. The molecule has 2 aliphatic heterocycles. The highest BCUT2D eigenvalue weighted by molar-refractivity contribution is 6.28. The molecule has 0 saturated carbocycles. The maximum absolute atomic E-state index is 6.13. The van der Waals surface area contributed by atoms with Gasteiger partial charge in [-0.05, 0) is 29.1 Å². The van der Waals surface area contributed by atoms with E-state index in [1.807, 2.05) is 0 Å². The van der Waals surface area contributed by atoms with Gasteiger partial charge < -0.3 is 10.2 Å². The van der Waals surface area contributed by atoms with Crippen LogP contribution in [0.15, 0.2) is 24.3 Å². The molecule has 4 nitrogen and oxygen atoms in total. The predicted octanol–water partition coefficient (Wildman–Crippen LogP) is 2.34. The van der Waals surface area contributed by atoms with Crippen LogP contribution in [-0.2, 0) is 25.9 Å². The van der Waals surface area contributed by atoms with Crippen molar-refractivity contribution < 1.29 is 0 Å². The van der Waals surface area contributed by atoms with Crippen molar-refractivity contribution in [1.29, 1.82) is 0 Å². The Morgan fingerprint density at radius 1 is 1.10 bits per heavy atom. The third kappa shape index (κ3) is 2.39. The van der Waals surface area contributed by atoms with Crippen molar-refractivity contribution in [1.82, 2.24) is 15.3 Å². The predicted molar refractivity (Wildman–Crippen MR) is 83.6 cm³/mol. The van der Waals surface area contributed by atoms with Gasteiger partial charge in [0.15, 0.2) is 0 Å². The maximum Gasteiger partial charge on any atom is 0.224 e. The molecular formula is C16H17ClN4. The average Bonchev–Trinajstić information content (AvgIpc) is 2.53. The van der Waals surface area contributed by atoms with Crippen molar-refractivity contribution in [2.24, 2.45) is 0 Å². The van der Waals surface area contributed by atoms with E-state index < -0.39 is 0 Å². The zero-order valence-corrected chi connectivity index (χ0v) is 12.5. The minimum Gasteiger partial charge on any atom is -0.352 e. The lowest BCUT2D eigenvalue weighted by atomic mass is 9.99. The molecule has 0 spiro atoms. The van der Waals surface area contributed by atoms with Crippen LogP contribution < -0.4 is 10.2 Å². The summed E-state index contributed by atoms with van der Waals surface area (Å²) in [4.78, 5) is 11.3. The summed E-state index contributed by atoms with van der Waals surface area (Å²) < 4.78 is 0. The Morgan fingerprint density at radius 2 is 1.95 bits per heavy atom. The molecule has 1 N–H and O–H groups in total. The van der Waals surface area contributed by atoms with E-state index in [1.165, 1.54) is 16.7 Å². The maximum atomic E-state index is 6.13. The van der Waals surface area contributed by atoms with Crippen LogP contribution >= 0.6 is 11.6 Å². The first-order valence-corrected chi connectivity index (χ1v) is 7.77. The summed E-state index contributed by atoms with van der Waals surface area (Å²) >= 11 is 6.13. The van der Waals surface area contributed by atoms with Crippen molar-refractivity contribution in [3.63, 3.8) is 0 Å². The van der Waals surface area contributed by atoms with Crippen LogP contribution in [0.5, 0.6) is 0 Å². The Labute approximate surface area is 129 Å². The molecule has 2 aliphatic rings. The number of anilines is 1. The highest BCUT2D eigenvalue weighted by Gasteiger charge is 2.24. The van der Waals surface area contributed by atoms with Crippen molar-refractivity contribution >= 4 is 17.4 Å². The summed E-state index contributed by atoms with van der Waals surface area (Å²) in [6.45, 7) is 3.68. The third-order valence-electron chi connectivity index (χ3n) is 4.31. The number of nitrogens with zero attached hydrogens (tertiary/aromatic N) is 3. The second kappa shape index (κ2) is 5.28. The quantitative estimate of drug-likeness (QED) is 0.821. The number of hydrogen-bond donors (Lipinski definition) is 1. The second-order valence-corrected chi connectivity index (χ2v) is 5.95. The first-order valence-electron chi connectivity index (χ1n) is 7.39. The number of hydrogen-bond acceptors (Lipinski definition) is 4. The number of halogens is 1. The molecule has 3 heterocycles. The molecule has 0 bridgehead atoms. The van der Waals surface area contributed by atoms with Gasteiger partial charge in [0, 0.05) is 38.2 Å². The first-order chi connectivity index (χ1) is 10.3. The minimum absolute atomic E-state index is 0.365. The third-order valence-corrected chi connectivity index (χ3v) is 4.48. The van der Waals surface area contributed by atoms with Crippen molar-refractivity contribution in [3.05, 3.63) is 51.9 Å². The fourth-order valence-electron chi connectivity index (χ4n) is 3.23. The molecule has 4 rings (SSSR count). The van der Waals surface area contributed by atoms with Crippen LogP contribution in [-0.4, -0.2) is 23.1 Å². The van der Waals surface area contributed by atoms with Gasteiger partial charge in [0.1, 0.15) is 5.82 Å². The van der Waals surface area contributed by atoms with Gasteiger partial charge in [-0.1, -0.05) is 24.3 Å². The lowest BCUT2D eigenvalue weighted by molar-refractivity contribution is 0.615. The molecule has 0 unspecified atom stereocenters. The smallest absolute Gasteiger partial charge is 0.224 e. The molecule has 21 heavy (non-hydrogen) atoms.